The van der Waals surface area contributed by atoms with E-state index in [1.54, 1.807) is 38.1 Å². The van der Waals surface area contributed by atoms with Gasteiger partial charge < -0.3 is 25.5 Å². The smallest absolute Gasteiger partial charge is 0.126 e. The summed E-state index contributed by atoms with van der Waals surface area (Å²) in [6.07, 6.45) is 0. The molecule has 27 heavy (non-hydrogen) atoms. The van der Waals surface area contributed by atoms with Gasteiger partial charge in [0.2, 0.25) is 0 Å². The number of hydrogen-bond donors (Lipinski definition) is 5. The zero-order valence-electron chi connectivity index (χ0n) is 15.4. The molecule has 0 aliphatic heterocycles. The van der Waals surface area contributed by atoms with E-state index in [1.807, 2.05) is 6.92 Å². The van der Waals surface area contributed by atoms with E-state index >= 15 is 0 Å². The van der Waals surface area contributed by atoms with Crippen molar-refractivity contribution in [2.24, 2.45) is 0 Å². The van der Waals surface area contributed by atoms with Crippen molar-refractivity contribution in [1.82, 2.24) is 0 Å². The molecule has 0 fully saturated rings. The average molecular weight is 366 g/mol. The molecule has 0 heterocycles. The zero-order valence-corrected chi connectivity index (χ0v) is 15.4. The molecule has 0 aliphatic carbocycles. The second-order valence-corrected chi connectivity index (χ2v) is 6.88. The van der Waals surface area contributed by atoms with Crippen molar-refractivity contribution in [3.05, 3.63) is 76.3 Å². The maximum Gasteiger partial charge on any atom is 0.126 e. The summed E-state index contributed by atoms with van der Waals surface area (Å²) in [5.41, 5.74) is 1.30. The maximum absolute atomic E-state index is 10.8. The number of aromatic hydroxyl groups is 5. The molecule has 0 saturated heterocycles. The van der Waals surface area contributed by atoms with E-state index in [2.05, 4.69) is 0 Å². The van der Waals surface area contributed by atoms with Gasteiger partial charge in [0.25, 0.3) is 0 Å². The Labute approximate surface area is 157 Å². The van der Waals surface area contributed by atoms with Crippen LogP contribution in [0.5, 0.6) is 28.7 Å². The molecule has 0 bridgehead atoms. The lowest BCUT2D eigenvalue weighted by molar-refractivity contribution is 0.420. The molecule has 5 N–H and O–H groups in total. The quantitative estimate of drug-likeness (QED) is 0.448. The van der Waals surface area contributed by atoms with Gasteiger partial charge in [-0.25, -0.2) is 0 Å². The highest BCUT2D eigenvalue weighted by atomic mass is 16.3. The summed E-state index contributed by atoms with van der Waals surface area (Å²) >= 11 is 0. The molecular formula is C22H22O5. The van der Waals surface area contributed by atoms with Crippen LogP contribution in [0.15, 0.2) is 48.5 Å². The fourth-order valence-corrected chi connectivity index (χ4v) is 3.44. The van der Waals surface area contributed by atoms with Crippen molar-refractivity contribution in [2.75, 3.05) is 0 Å². The normalized spacial score (nSPS) is 11.5. The summed E-state index contributed by atoms with van der Waals surface area (Å²) < 4.78 is 0. The largest absolute Gasteiger partial charge is 0.508 e. The van der Waals surface area contributed by atoms with E-state index in [0.717, 1.165) is 0 Å². The number of phenolic OH excluding ortho intramolecular Hbond substituents is 5. The van der Waals surface area contributed by atoms with Gasteiger partial charge in [0, 0.05) is 27.7 Å². The molecule has 3 aromatic carbocycles. The molecule has 0 spiro atoms. The Kier molecular flexibility index (Phi) is 4.39. The van der Waals surface area contributed by atoms with Gasteiger partial charge in [-0.05, 0) is 50.6 Å². The first-order chi connectivity index (χ1) is 12.7. The molecule has 0 aromatic heterocycles. The van der Waals surface area contributed by atoms with Crippen LogP contribution in [0, 0.1) is 13.8 Å². The Morgan fingerprint density at radius 1 is 0.593 bits per heavy atom. The first-order valence-corrected chi connectivity index (χ1v) is 8.51. The Bertz CT molecular complexity index is 949. The third-order valence-electron chi connectivity index (χ3n) is 5.33. The topological polar surface area (TPSA) is 101 Å². The van der Waals surface area contributed by atoms with Gasteiger partial charge in [0.15, 0.2) is 0 Å². The summed E-state index contributed by atoms with van der Waals surface area (Å²) in [6.45, 7) is 5.04. The molecule has 0 aliphatic rings. The highest BCUT2D eigenvalue weighted by Crippen LogP contribution is 2.49. The van der Waals surface area contributed by atoms with Gasteiger partial charge in [0.1, 0.15) is 28.7 Å². The number of benzene rings is 3. The van der Waals surface area contributed by atoms with E-state index in [4.69, 9.17) is 0 Å². The highest BCUT2D eigenvalue weighted by molar-refractivity contribution is 5.63. The molecule has 140 valence electrons. The summed E-state index contributed by atoms with van der Waals surface area (Å²) in [6, 6.07) is 12.7. The first kappa shape index (κ1) is 18.5. The fraction of sp³-hybridized carbons (Fsp3) is 0.182. The van der Waals surface area contributed by atoms with Crippen molar-refractivity contribution in [3.8, 4) is 28.7 Å². The lowest BCUT2D eigenvalue weighted by Gasteiger charge is -2.34. The fourth-order valence-electron chi connectivity index (χ4n) is 3.44. The first-order valence-electron chi connectivity index (χ1n) is 8.51. The zero-order chi connectivity index (χ0) is 19.9. The van der Waals surface area contributed by atoms with Gasteiger partial charge in [-0.3, -0.25) is 0 Å². The minimum absolute atomic E-state index is 0.0320. The minimum atomic E-state index is -1.02. The molecule has 0 radical (unpaired) electrons. The van der Waals surface area contributed by atoms with Crippen LogP contribution in [0.25, 0.3) is 0 Å². The molecule has 0 atom stereocenters. The molecule has 5 nitrogen and oxygen atoms in total. The van der Waals surface area contributed by atoms with Crippen molar-refractivity contribution in [1.29, 1.82) is 0 Å². The predicted molar refractivity (Wildman–Crippen MR) is 103 cm³/mol. The minimum Gasteiger partial charge on any atom is -0.508 e. The Hall–Kier alpha value is -3.34. The van der Waals surface area contributed by atoms with E-state index in [9.17, 15) is 25.5 Å². The molecule has 3 aromatic rings. The van der Waals surface area contributed by atoms with E-state index < -0.39 is 5.41 Å². The lowest BCUT2D eigenvalue weighted by Crippen LogP contribution is -2.26. The van der Waals surface area contributed by atoms with Gasteiger partial charge in [-0.15, -0.1) is 0 Å². The number of rotatable bonds is 3. The second-order valence-electron chi connectivity index (χ2n) is 6.88. The monoisotopic (exact) mass is 366 g/mol. The van der Waals surface area contributed by atoms with Crippen LogP contribution in [0.2, 0.25) is 0 Å². The van der Waals surface area contributed by atoms with E-state index in [-0.39, 0.29) is 28.7 Å². The summed E-state index contributed by atoms with van der Waals surface area (Å²) in [5, 5.41) is 51.1. The lowest BCUT2D eigenvalue weighted by atomic mass is 9.69. The van der Waals surface area contributed by atoms with Gasteiger partial charge in [-0.1, -0.05) is 24.3 Å². The molecule has 5 heteroatoms. The van der Waals surface area contributed by atoms with Crippen LogP contribution in [0.1, 0.15) is 34.7 Å². The van der Waals surface area contributed by atoms with Crippen LogP contribution in [0.3, 0.4) is 0 Å². The summed E-state index contributed by atoms with van der Waals surface area (Å²) in [5.74, 6) is -0.143. The summed E-state index contributed by atoms with van der Waals surface area (Å²) in [7, 11) is 0. The van der Waals surface area contributed by atoms with Gasteiger partial charge in [0.05, 0.1) is 0 Å². The third-order valence-corrected chi connectivity index (χ3v) is 5.33. The maximum atomic E-state index is 10.8. The van der Waals surface area contributed by atoms with Crippen LogP contribution in [-0.4, -0.2) is 25.5 Å². The third kappa shape index (κ3) is 2.81. The summed E-state index contributed by atoms with van der Waals surface area (Å²) in [4.78, 5) is 0. The van der Waals surface area contributed by atoms with E-state index in [1.165, 1.54) is 24.3 Å². The molecule has 0 unspecified atom stereocenters. The number of hydrogen-bond acceptors (Lipinski definition) is 5. The Morgan fingerprint density at radius 3 is 1.41 bits per heavy atom. The van der Waals surface area contributed by atoms with Crippen LogP contribution < -0.4 is 0 Å². The molecule has 0 amide bonds. The van der Waals surface area contributed by atoms with Crippen LogP contribution in [0.4, 0.5) is 0 Å². The van der Waals surface area contributed by atoms with Gasteiger partial charge >= 0.3 is 0 Å². The highest BCUT2D eigenvalue weighted by Gasteiger charge is 2.37. The number of phenols is 5. The Balaban J connectivity index is 2.40. The van der Waals surface area contributed by atoms with Crippen molar-refractivity contribution >= 4 is 0 Å². The molecule has 0 saturated carbocycles. The average Bonchev–Trinajstić information content (AvgIpc) is 2.64. The predicted octanol–water partition coefficient (Wildman–Crippen LogP) is 4.19. The van der Waals surface area contributed by atoms with Crippen molar-refractivity contribution in [2.45, 2.75) is 26.2 Å². The molecular weight excluding hydrogens is 344 g/mol. The standard InChI is InChI=1S/C22H22O5/c1-12-18(24)10-8-16(20(12)26)22(3,14-4-6-15(23)7-5-14)17-9-11-19(25)13(2)21(17)27/h4-11,23-27H,1-3H3. The van der Waals surface area contributed by atoms with Crippen LogP contribution >= 0.6 is 0 Å². The van der Waals surface area contributed by atoms with Crippen molar-refractivity contribution < 1.29 is 25.5 Å². The van der Waals surface area contributed by atoms with Crippen LogP contribution in [-0.2, 0) is 5.41 Å². The SMILES string of the molecule is Cc1c(O)ccc(C(C)(c2ccc(O)cc2)c2ccc(O)c(C)c2O)c1O. The van der Waals surface area contributed by atoms with Crippen molar-refractivity contribution in [3.63, 3.8) is 0 Å². The van der Waals surface area contributed by atoms with Gasteiger partial charge in [-0.2, -0.15) is 0 Å². The van der Waals surface area contributed by atoms with E-state index in [0.29, 0.717) is 27.8 Å². The second kappa shape index (κ2) is 6.43. The Morgan fingerprint density at radius 2 is 1.00 bits per heavy atom. The molecule has 3 rings (SSSR count).